The zero-order valence-electron chi connectivity index (χ0n) is 12.0. The Hall–Kier alpha value is -1.89. The molecule has 3 N–H and O–H groups in total. The largest absolute Gasteiger partial charge is 0.375 e. The van der Waals surface area contributed by atoms with E-state index in [9.17, 15) is 0 Å². The van der Waals surface area contributed by atoms with Crippen LogP contribution in [0.25, 0.3) is 0 Å². The maximum absolute atomic E-state index is 5.62. The SMILES string of the molecule is Nc1nc(CCNc2cc(N3CCCCC3)ncn2)cs1. The van der Waals surface area contributed by atoms with Gasteiger partial charge >= 0.3 is 0 Å². The number of nitrogen functional groups attached to an aromatic ring is 1. The predicted molar refractivity (Wildman–Crippen MR) is 86.8 cm³/mol. The summed E-state index contributed by atoms with van der Waals surface area (Å²) >= 11 is 1.48. The molecule has 0 aromatic carbocycles. The number of nitrogens with one attached hydrogen (secondary N) is 1. The first-order valence-corrected chi connectivity index (χ1v) is 8.20. The molecule has 0 amide bonds. The molecule has 3 rings (SSSR count). The first-order chi connectivity index (χ1) is 10.3. The number of rotatable bonds is 5. The number of thiazole rings is 1. The standard InChI is InChI=1S/C14H20N6S/c15-14-19-11(9-21-14)4-5-16-12-8-13(18-10-17-12)20-6-2-1-3-7-20/h8-10H,1-7H2,(H2,15,19)(H,16,17,18). The topological polar surface area (TPSA) is 80.0 Å². The van der Waals surface area contributed by atoms with Crippen molar-refractivity contribution in [2.24, 2.45) is 0 Å². The average molecular weight is 304 g/mol. The van der Waals surface area contributed by atoms with E-state index in [0.29, 0.717) is 5.13 Å². The monoisotopic (exact) mass is 304 g/mol. The van der Waals surface area contributed by atoms with E-state index in [-0.39, 0.29) is 0 Å². The molecule has 7 heteroatoms. The molecule has 1 aliphatic rings. The fourth-order valence-electron chi connectivity index (χ4n) is 2.50. The Bertz CT molecular complexity index is 578. The first kappa shape index (κ1) is 14.1. The molecule has 0 spiro atoms. The van der Waals surface area contributed by atoms with E-state index < -0.39 is 0 Å². The fourth-order valence-corrected chi connectivity index (χ4v) is 3.09. The van der Waals surface area contributed by atoms with Crippen molar-refractivity contribution in [1.29, 1.82) is 0 Å². The third-order valence-electron chi connectivity index (χ3n) is 3.59. The van der Waals surface area contributed by atoms with Crippen LogP contribution in [0, 0.1) is 0 Å². The van der Waals surface area contributed by atoms with Gasteiger partial charge in [-0.1, -0.05) is 0 Å². The van der Waals surface area contributed by atoms with Gasteiger partial charge in [0.15, 0.2) is 5.13 Å². The number of aromatic nitrogens is 3. The molecule has 112 valence electrons. The summed E-state index contributed by atoms with van der Waals surface area (Å²) in [5.74, 6) is 1.89. The number of hydrogen-bond donors (Lipinski definition) is 2. The van der Waals surface area contributed by atoms with E-state index in [1.54, 1.807) is 6.33 Å². The quantitative estimate of drug-likeness (QED) is 0.881. The van der Waals surface area contributed by atoms with Crippen LogP contribution in [0.3, 0.4) is 0 Å². The minimum atomic E-state index is 0.624. The van der Waals surface area contributed by atoms with E-state index in [2.05, 4.69) is 25.2 Å². The van der Waals surface area contributed by atoms with Crippen molar-refractivity contribution in [1.82, 2.24) is 15.0 Å². The van der Waals surface area contributed by atoms with Gasteiger partial charge in [0.2, 0.25) is 0 Å². The van der Waals surface area contributed by atoms with E-state index in [4.69, 9.17) is 5.73 Å². The van der Waals surface area contributed by atoms with Crippen molar-refractivity contribution in [3.8, 4) is 0 Å². The molecule has 2 aromatic heterocycles. The Balaban J connectivity index is 1.55. The van der Waals surface area contributed by atoms with Gasteiger partial charge in [0, 0.05) is 37.5 Å². The third-order valence-corrected chi connectivity index (χ3v) is 4.31. The third kappa shape index (κ3) is 3.81. The molecule has 0 atom stereocenters. The van der Waals surface area contributed by atoms with Crippen LogP contribution in [0.5, 0.6) is 0 Å². The van der Waals surface area contributed by atoms with Crippen molar-refractivity contribution in [3.05, 3.63) is 23.5 Å². The fraction of sp³-hybridized carbons (Fsp3) is 0.500. The Kier molecular flexibility index (Phi) is 4.49. The summed E-state index contributed by atoms with van der Waals surface area (Å²) in [6.45, 7) is 2.97. The van der Waals surface area contributed by atoms with Gasteiger partial charge in [-0.15, -0.1) is 11.3 Å². The van der Waals surface area contributed by atoms with Crippen LogP contribution in [0.4, 0.5) is 16.8 Å². The number of anilines is 3. The van der Waals surface area contributed by atoms with Gasteiger partial charge in [-0.3, -0.25) is 0 Å². The zero-order valence-corrected chi connectivity index (χ0v) is 12.8. The Morgan fingerprint density at radius 1 is 1.24 bits per heavy atom. The van der Waals surface area contributed by atoms with E-state index in [1.165, 1.54) is 30.6 Å². The van der Waals surface area contributed by atoms with Crippen LogP contribution in [-0.2, 0) is 6.42 Å². The van der Waals surface area contributed by atoms with Crippen LogP contribution in [0.1, 0.15) is 25.0 Å². The lowest BCUT2D eigenvalue weighted by Crippen LogP contribution is -2.30. The number of nitrogens with two attached hydrogens (primary N) is 1. The highest BCUT2D eigenvalue weighted by molar-refractivity contribution is 7.13. The second-order valence-electron chi connectivity index (χ2n) is 5.16. The predicted octanol–water partition coefficient (Wildman–Crippen LogP) is 2.16. The lowest BCUT2D eigenvalue weighted by atomic mass is 10.1. The van der Waals surface area contributed by atoms with Gasteiger partial charge in [-0.2, -0.15) is 0 Å². The van der Waals surface area contributed by atoms with E-state index >= 15 is 0 Å². The lowest BCUT2D eigenvalue weighted by molar-refractivity contribution is 0.573. The summed E-state index contributed by atoms with van der Waals surface area (Å²) in [4.78, 5) is 15.2. The highest BCUT2D eigenvalue weighted by Gasteiger charge is 2.12. The molecule has 1 fully saturated rings. The van der Waals surface area contributed by atoms with Gasteiger partial charge in [0.05, 0.1) is 5.69 Å². The summed E-state index contributed by atoms with van der Waals surface area (Å²) in [6.07, 6.45) is 6.29. The van der Waals surface area contributed by atoms with Crippen LogP contribution in [0.2, 0.25) is 0 Å². The van der Waals surface area contributed by atoms with E-state index in [0.717, 1.165) is 43.4 Å². The van der Waals surface area contributed by atoms with Gasteiger partial charge in [0.25, 0.3) is 0 Å². The molecule has 6 nitrogen and oxygen atoms in total. The lowest BCUT2D eigenvalue weighted by Gasteiger charge is -2.27. The minimum absolute atomic E-state index is 0.624. The summed E-state index contributed by atoms with van der Waals surface area (Å²) in [6, 6.07) is 2.03. The molecule has 0 aliphatic carbocycles. The Morgan fingerprint density at radius 3 is 2.86 bits per heavy atom. The zero-order chi connectivity index (χ0) is 14.5. The first-order valence-electron chi connectivity index (χ1n) is 7.32. The maximum atomic E-state index is 5.62. The number of hydrogen-bond acceptors (Lipinski definition) is 7. The van der Waals surface area contributed by atoms with Gasteiger partial charge < -0.3 is 16.0 Å². The Morgan fingerprint density at radius 2 is 2.10 bits per heavy atom. The molecule has 0 unspecified atom stereocenters. The number of nitrogens with zero attached hydrogens (tertiary/aromatic N) is 4. The molecule has 3 heterocycles. The van der Waals surface area contributed by atoms with Crippen LogP contribution < -0.4 is 16.0 Å². The molecule has 1 saturated heterocycles. The highest BCUT2D eigenvalue weighted by Crippen LogP contribution is 2.19. The van der Waals surface area contributed by atoms with Gasteiger partial charge in [-0.05, 0) is 19.3 Å². The summed E-state index contributed by atoms with van der Waals surface area (Å²) in [5.41, 5.74) is 6.65. The smallest absolute Gasteiger partial charge is 0.180 e. The summed E-state index contributed by atoms with van der Waals surface area (Å²) in [5, 5.41) is 5.95. The second kappa shape index (κ2) is 6.71. The normalized spacial score (nSPS) is 15.1. The summed E-state index contributed by atoms with van der Waals surface area (Å²) < 4.78 is 0. The molecule has 0 bridgehead atoms. The molecular weight excluding hydrogens is 284 g/mol. The van der Waals surface area contributed by atoms with Crippen molar-refractivity contribution in [2.45, 2.75) is 25.7 Å². The Labute approximate surface area is 128 Å². The number of piperidine rings is 1. The average Bonchev–Trinajstić information content (AvgIpc) is 2.94. The van der Waals surface area contributed by atoms with Gasteiger partial charge in [0.1, 0.15) is 18.0 Å². The molecule has 1 aliphatic heterocycles. The molecule has 0 saturated carbocycles. The van der Waals surface area contributed by atoms with Crippen LogP contribution >= 0.6 is 11.3 Å². The van der Waals surface area contributed by atoms with Crippen molar-refractivity contribution >= 4 is 28.1 Å². The molecule has 0 radical (unpaired) electrons. The molecular formula is C14H20N6S. The summed E-state index contributed by atoms with van der Waals surface area (Å²) in [7, 11) is 0. The maximum Gasteiger partial charge on any atom is 0.180 e. The van der Waals surface area contributed by atoms with E-state index in [1.807, 2.05) is 11.4 Å². The van der Waals surface area contributed by atoms with Gasteiger partial charge in [-0.25, -0.2) is 15.0 Å². The highest BCUT2D eigenvalue weighted by atomic mass is 32.1. The molecule has 21 heavy (non-hydrogen) atoms. The van der Waals surface area contributed by atoms with Crippen molar-refractivity contribution in [2.75, 3.05) is 35.6 Å². The second-order valence-corrected chi connectivity index (χ2v) is 6.05. The van der Waals surface area contributed by atoms with Crippen LogP contribution in [0.15, 0.2) is 17.8 Å². The minimum Gasteiger partial charge on any atom is -0.375 e. The van der Waals surface area contributed by atoms with Crippen molar-refractivity contribution in [3.63, 3.8) is 0 Å². The van der Waals surface area contributed by atoms with Crippen molar-refractivity contribution < 1.29 is 0 Å². The molecule has 2 aromatic rings. The van der Waals surface area contributed by atoms with Crippen LogP contribution in [-0.4, -0.2) is 34.6 Å².